The van der Waals surface area contributed by atoms with Crippen LogP contribution in [-0.2, 0) is 14.3 Å². The first-order valence-corrected chi connectivity index (χ1v) is 13.6. The van der Waals surface area contributed by atoms with Gasteiger partial charge in [0.25, 0.3) is 5.69 Å². The molecule has 41 heavy (non-hydrogen) atoms. The number of rotatable bonds is 10. The number of allylic oxidation sites excluding steroid dienone is 2. The second-order valence-corrected chi connectivity index (χ2v) is 10.1. The summed E-state index contributed by atoms with van der Waals surface area (Å²) in [5.41, 5.74) is 3.15. The molecule has 2 aliphatic heterocycles. The van der Waals surface area contributed by atoms with Crippen molar-refractivity contribution in [3.63, 3.8) is 0 Å². The minimum Gasteiger partial charge on any atom is -0.495 e. The molecule has 1 fully saturated rings. The summed E-state index contributed by atoms with van der Waals surface area (Å²) in [4.78, 5) is 42.0. The first-order chi connectivity index (χ1) is 19.7. The molecule has 1 atom stereocenters. The molecule has 2 aromatic carbocycles. The number of nitro groups is 1. The number of amides is 1. The lowest BCUT2D eigenvalue weighted by Crippen LogP contribution is -2.47. The second kappa shape index (κ2) is 13.3. The monoisotopic (exact) mass is 563 g/mol. The van der Waals surface area contributed by atoms with Crippen LogP contribution in [0.3, 0.4) is 0 Å². The lowest BCUT2D eigenvalue weighted by molar-refractivity contribution is -0.384. The third-order valence-corrected chi connectivity index (χ3v) is 7.56. The van der Waals surface area contributed by atoms with Gasteiger partial charge in [0.2, 0.25) is 5.91 Å². The predicted molar refractivity (Wildman–Crippen MR) is 156 cm³/mol. The number of anilines is 1. The number of non-ortho nitro benzene ring substituents is 1. The maximum absolute atomic E-state index is 13.5. The zero-order valence-corrected chi connectivity index (χ0v) is 23.9. The Hall–Kier alpha value is -4.38. The molecule has 2 aliphatic rings. The largest absolute Gasteiger partial charge is 0.495 e. The standard InChI is InChI=1S/C30H37N5O6/c1-20-26(28(27(21(2)32-20)30(37)41-4)22-9-7-10-23(19-22)35(38)39)29(36)31-13-8-14-33-15-17-34(18-16-33)24-11-5-6-12-25(24)40-3/h5-7,9-12,19,28,32H,8,13-18H2,1-4H3,(H,31,36)/t28-/m0/s1. The molecular weight excluding hydrogens is 526 g/mol. The normalized spacial score (nSPS) is 17.7. The topological polar surface area (TPSA) is 126 Å². The van der Waals surface area contributed by atoms with Crippen LogP contribution in [0.1, 0.15) is 31.7 Å². The molecule has 4 rings (SSSR count). The summed E-state index contributed by atoms with van der Waals surface area (Å²) in [6.45, 7) is 8.34. The van der Waals surface area contributed by atoms with Crippen molar-refractivity contribution in [1.82, 2.24) is 15.5 Å². The van der Waals surface area contributed by atoms with E-state index in [1.165, 1.54) is 19.2 Å². The molecule has 0 spiro atoms. The molecule has 11 nitrogen and oxygen atoms in total. The van der Waals surface area contributed by atoms with Crippen LogP contribution >= 0.6 is 0 Å². The van der Waals surface area contributed by atoms with Crippen molar-refractivity contribution in [3.8, 4) is 5.75 Å². The van der Waals surface area contributed by atoms with Gasteiger partial charge in [-0.05, 0) is 44.5 Å². The van der Waals surface area contributed by atoms with Crippen molar-refractivity contribution in [2.75, 3.05) is 58.4 Å². The first-order valence-electron chi connectivity index (χ1n) is 13.6. The third-order valence-electron chi connectivity index (χ3n) is 7.56. The molecule has 2 heterocycles. The number of hydrogen-bond donors (Lipinski definition) is 2. The van der Waals surface area contributed by atoms with Crippen molar-refractivity contribution >= 4 is 23.3 Å². The molecule has 2 aromatic rings. The zero-order chi connectivity index (χ0) is 29.5. The van der Waals surface area contributed by atoms with E-state index in [9.17, 15) is 19.7 Å². The van der Waals surface area contributed by atoms with Gasteiger partial charge in [-0.25, -0.2) is 4.79 Å². The number of carbonyl (C=O) groups excluding carboxylic acids is 2. The molecule has 218 valence electrons. The Morgan fingerprint density at radius 3 is 2.41 bits per heavy atom. The molecule has 1 saturated heterocycles. The molecule has 0 bridgehead atoms. The van der Waals surface area contributed by atoms with E-state index in [1.54, 1.807) is 33.1 Å². The van der Waals surface area contributed by atoms with E-state index in [0.29, 0.717) is 29.1 Å². The van der Waals surface area contributed by atoms with Crippen LogP contribution < -0.4 is 20.3 Å². The Morgan fingerprint density at radius 2 is 1.73 bits per heavy atom. The van der Waals surface area contributed by atoms with Gasteiger partial charge in [-0.2, -0.15) is 0 Å². The molecular formula is C30H37N5O6. The highest BCUT2D eigenvalue weighted by Gasteiger charge is 2.37. The Morgan fingerprint density at radius 1 is 1.02 bits per heavy atom. The van der Waals surface area contributed by atoms with E-state index in [0.717, 1.165) is 50.6 Å². The molecule has 0 radical (unpaired) electrons. The number of nitrogens with one attached hydrogen (secondary N) is 2. The number of para-hydroxylation sites is 2. The van der Waals surface area contributed by atoms with Gasteiger partial charge in [0, 0.05) is 61.8 Å². The summed E-state index contributed by atoms with van der Waals surface area (Å²) >= 11 is 0. The number of dihydropyridines is 1. The smallest absolute Gasteiger partial charge is 0.336 e. The van der Waals surface area contributed by atoms with Gasteiger partial charge in [0.1, 0.15) is 5.75 Å². The number of carbonyl (C=O) groups is 2. The molecule has 11 heteroatoms. The average molecular weight is 564 g/mol. The minimum atomic E-state index is -0.813. The van der Waals surface area contributed by atoms with E-state index in [1.807, 2.05) is 18.2 Å². The Balaban J connectivity index is 1.40. The Labute approximate surface area is 239 Å². The van der Waals surface area contributed by atoms with Crippen LogP contribution in [0.2, 0.25) is 0 Å². The van der Waals surface area contributed by atoms with Gasteiger partial charge in [-0.1, -0.05) is 24.3 Å². The number of methoxy groups -OCH3 is 2. The maximum atomic E-state index is 13.5. The fourth-order valence-electron chi connectivity index (χ4n) is 5.53. The van der Waals surface area contributed by atoms with Crippen LogP contribution in [0.5, 0.6) is 5.75 Å². The summed E-state index contributed by atoms with van der Waals surface area (Å²) in [6.07, 6.45) is 0.750. The molecule has 1 amide bonds. The Kier molecular flexibility index (Phi) is 9.61. The lowest BCUT2D eigenvalue weighted by Gasteiger charge is -2.36. The van der Waals surface area contributed by atoms with Crippen molar-refractivity contribution in [3.05, 3.63) is 86.7 Å². The number of hydrogen-bond acceptors (Lipinski definition) is 9. The van der Waals surface area contributed by atoms with Crippen LogP contribution in [0.15, 0.2) is 71.1 Å². The lowest BCUT2D eigenvalue weighted by atomic mass is 9.80. The molecule has 2 N–H and O–H groups in total. The summed E-state index contributed by atoms with van der Waals surface area (Å²) in [7, 11) is 2.96. The number of piperazine rings is 1. The predicted octanol–water partition coefficient (Wildman–Crippen LogP) is 3.34. The zero-order valence-electron chi connectivity index (χ0n) is 23.9. The summed E-state index contributed by atoms with van der Waals surface area (Å²) in [6, 6.07) is 14.0. The van der Waals surface area contributed by atoms with Crippen LogP contribution in [0.25, 0.3) is 0 Å². The highest BCUT2D eigenvalue weighted by molar-refractivity contribution is 6.02. The van der Waals surface area contributed by atoms with Crippen molar-refractivity contribution in [2.45, 2.75) is 26.2 Å². The van der Waals surface area contributed by atoms with Crippen molar-refractivity contribution in [1.29, 1.82) is 0 Å². The molecule has 0 aromatic heterocycles. The highest BCUT2D eigenvalue weighted by Crippen LogP contribution is 2.39. The van der Waals surface area contributed by atoms with Gasteiger partial charge in [0.15, 0.2) is 0 Å². The summed E-state index contributed by atoms with van der Waals surface area (Å²) < 4.78 is 10.5. The van der Waals surface area contributed by atoms with Crippen LogP contribution in [-0.4, -0.2) is 75.2 Å². The van der Waals surface area contributed by atoms with Gasteiger partial charge < -0.3 is 25.0 Å². The number of nitro benzene ring substituents is 1. The van der Waals surface area contributed by atoms with E-state index in [2.05, 4.69) is 26.5 Å². The second-order valence-electron chi connectivity index (χ2n) is 10.1. The SMILES string of the molecule is COC(=O)C1=C(C)NC(C)=C(C(=O)NCCCN2CCN(c3ccccc3OC)CC2)[C@@H]1c1cccc([N+](=O)[O-])c1. The average Bonchev–Trinajstić information content (AvgIpc) is 2.98. The maximum Gasteiger partial charge on any atom is 0.336 e. The van der Waals surface area contributed by atoms with Crippen molar-refractivity contribution in [2.24, 2.45) is 0 Å². The quantitative estimate of drug-likeness (QED) is 0.194. The number of esters is 1. The molecule has 0 saturated carbocycles. The minimum absolute atomic E-state index is 0.119. The number of ether oxygens (including phenoxy) is 2. The molecule has 0 aliphatic carbocycles. The van der Waals surface area contributed by atoms with E-state index < -0.39 is 16.8 Å². The van der Waals surface area contributed by atoms with Gasteiger partial charge >= 0.3 is 5.97 Å². The Bertz CT molecular complexity index is 1360. The first kappa shape index (κ1) is 29.6. The number of nitrogens with zero attached hydrogens (tertiary/aromatic N) is 3. The van der Waals surface area contributed by atoms with Gasteiger partial charge in [0.05, 0.1) is 36.3 Å². The van der Waals surface area contributed by atoms with E-state index in [4.69, 9.17) is 9.47 Å². The highest BCUT2D eigenvalue weighted by atomic mass is 16.6. The van der Waals surface area contributed by atoms with Crippen LogP contribution in [0, 0.1) is 10.1 Å². The number of benzene rings is 2. The summed E-state index contributed by atoms with van der Waals surface area (Å²) in [5.74, 6) is -0.876. The molecule has 0 unspecified atom stereocenters. The van der Waals surface area contributed by atoms with E-state index >= 15 is 0 Å². The third kappa shape index (κ3) is 6.68. The van der Waals surface area contributed by atoms with Crippen molar-refractivity contribution < 1.29 is 24.0 Å². The van der Waals surface area contributed by atoms with Gasteiger partial charge in [-0.15, -0.1) is 0 Å². The van der Waals surface area contributed by atoms with Crippen LogP contribution in [0.4, 0.5) is 11.4 Å². The fourth-order valence-corrected chi connectivity index (χ4v) is 5.53. The van der Waals surface area contributed by atoms with E-state index in [-0.39, 0.29) is 17.2 Å². The van der Waals surface area contributed by atoms with Gasteiger partial charge in [-0.3, -0.25) is 19.8 Å². The fraction of sp³-hybridized carbons (Fsp3) is 0.400. The summed E-state index contributed by atoms with van der Waals surface area (Å²) in [5, 5.41) is 17.6.